The summed E-state index contributed by atoms with van der Waals surface area (Å²) in [7, 11) is 0. The maximum atomic E-state index is 12.3. The van der Waals surface area contributed by atoms with Gasteiger partial charge in [0, 0.05) is 15.8 Å². The van der Waals surface area contributed by atoms with E-state index in [1.807, 2.05) is 0 Å². The van der Waals surface area contributed by atoms with Crippen LogP contribution in [0.1, 0.15) is 61.9 Å². The average Bonchev–Trinajstić information content (AvgIpc) is 3.01. The van der Waals surface area contributed by atoms with E-state index in [0.717, 1.165) is 19.3 Å². The summed E-state index contributed by atoms with van der Waals surface area (Å²) in [5, 5.41) is 3.39. The van der Waals surface area contributed by atoms with Gasteiger partial charge in [-0.2, -0.15) is 0 Å². The van der Waals surface area contributed by atoms with Crippen LogP contribution < -0.4 is 5.32 Å². The van der Waals surface area contributed by atoms with Gasteiger partial charge in [-0.1, -0.05) is 33.1 Å². The van der Waals surface area contributed by atoms with E-state index in [1.165, 1.54) is 22.6 Å². The van der Waals surface area contributed by atoms with Crippen molar-refractivity contribution in [2.75, 3.05) is 6.54 Å². The van der Waals surface area contributed by atoms with Crippen molar-refractivity contribution in [2.45, 2.75) is 65.1 Å². The SMILES string of the molecule is CCCCC(CCC)N1C(=O)CNC1c1ccc(C)s1. The highest BCUT2D eigenvalue weighted by atomic mass is 32.1. The van der Waals surface area contributed by atoms with E-state index in [-0.39, 0.29) is 12.1 Å². The van der Waals surface area contributed by atoms with Gasteiger partial charge in [0.2, 0.25) is 5.91 Å². The number of hydrogen-bond donors (Lipinski definition) is 1. The summed E-state index contributed by atoms with van der Waals surface area (Å²) in [5.74, 6) is 0.260. The molecule has 0 aromatic carbocycles. The zero-order valence-corrected chi connectivity index (χ0v) is 13.6. The van der Waals surface area contributed by atoms with Gasteiger partial charge in [0.05, 0.1) is 6.54 Å². The van der Waals surface area contributed by atoms with Crippen molar-refractivity contribution < 1.29 is 4.79 Å². The van der Waals surface area contributed by atoms with Crippen molar-refractivity contribution in [2.24, 2.45) is 0 Å². The molecule has 1 amide bonds. The Morgan fingerprint density at radius 3 is 2.75 bits per heavy atom. The molecule has 1 saturated heterocycles. The first-order valence-electron chi connectivity index (χ1n) is 7.78. The molecule has 4 heteroatoms. The molecule has 112 valence electrons. The smallest absolute Gasteiger partial charge is 0.238 e. The molecule has 1 N–H and O–H groups in total. The summed E-state index contributed by atoms with van der Waals surface area (Å²) >= 11 is 1.79. The number of carbonyl (C=O) groups excluding carboxylic acids is 1. The zero-order valence-electron chi connectivity index (χ0n) is 12.8. The highest BCUT2D eigenvalue weighted by molar-refractivity contribution is 7.12. The Kier molecular flexibility index (Phi) is 5.61. The van der Waals surface area contributed by atoms with Gasteiger partial charge in [-0.25, -0.2) is 0 Å². The van der Waals surface area contributed by atoms with Crippen LogP contribution in [0.4, 0.5) is 0 Å². The first-order chi connectivity index (χ1) is 9.67. The molecule has 1 aliphatic heterocycles. The van der Waals surface area contributed by atoms with Crippen LogP contribution in [0, 0.1) is 6.92 Å². The number of nitrogens with one attached hydrogen (secondary N) is 1. The Labute approximate surface area is 126 Å². The third-order valence-electron chi connectivity index (χ3n) is 3.95. The Balaban J connectivity index is 2.17. The molecule has 1 aromatic heterocycles. The Bertz CT molecular complexity index is 443. The van der Waals surface area contributed by atoms with Gasteiger partial charge in [-0.3, -0.25) is 10.1 Å². The second-order valence-corrected chi connectivity index (χ2v) is 6.94. The lowest BCUT2D eigenvalue weighted by molar-refractivity contribution is -0.130. The minimum Gasteiger partial charge on any atom is -0.318 e. The summed E-state index contributed by atoms with van der Waals surface area (Å²) < 4.78 is 0. The van der Waals surface area contributed by atoms with Gasteiger partial charge in [0.25, 0.3) is 0 Å². The second kappa shape index (κ2) is 7.23. The van der Waals surface area contributed by atoms with E-state index in [2.05, 4.69) is 43.1 Å². The number of thiophene rings is 1. The molecule has 2 rings (SSSR count). The van der Waals surface area contributed by atoms with E-state index < -0.39 is 0 Å². The number of aryl methyl sites for hydroxylation is 1. The minimum absolute atomic E-state index is 0.0922. The highest BCUT2D eigenvalue weighted by Crippen LogP contribution is 2.32. The van der Waals surface area contributed by atoms with E-state index in [4.69, 9.17) is 0 Å². The predicted octanol–water partition coefficient (Wildman–Crippen LogP) is 3.85. The third kappa shape index (κ3) is 3.41. The maximum absolute atomic E-state index is 12.3. The number of nitrogens with zero attached hydrogens (tertiary/aromatic N) is 1. The van der Waals surface area contributed by atoms with Crippen LogP contribution in [0.25, 0.3) is 0 Å². The van der Waals surface area contributed by atoms with Gasteiger partial charge in [-0.15, -0.1) is 11.3 Å². The monoisotopic (exact) mass is 294 g/mol. The fourth-order valence-electron chi connectivity index (χ4n) is 2.97. The van der Waals surface area contributed by atoms with Gasteiger partial charge < -0.3 is 4.90 Å². The first-order valence-corrected chi connectivity index (χ1v) is 8.59. The molecule has 2 heterocycles. The molecule has 1 aromatic rings. The molecule has 1 aliphatic rings. The molecule has 0 aliphatic carbocycles. The molecule has 2 atom stereocenters. The Morgan fingerprint density at radius 1 is 1.35 bits per heavy atom. The molecule has 3 nitrogen and oxygen atoms in total. The zero-order chi connectivity index (χ0) is 14.5. The maximum Gasteiger partial charge on any atom is 0.238 e. The van der Waals surface area contributed by atoms with E-state index in [1.54, 1.807) is 11.3 Å². The summed E-state index contributed by atoms with van der Waals surface area (Å²) in [4.78, 5) is 17.0. The van der Waals surface area contributed by atoms with Gasteiger partial charge in [-0.05, 0) is 31.9 Å². The topological polar surface area (TPSA) is 32.3 Å². The molecule has 1 fully saturated rings. The van der Waals surface area contributed by atoms with Gasteiger partial charge >= 0.3 is 0 Å². The normalized spacial score (nSPS) is 20.6. The number of unbranched alkanes of at least 4 members (excludes halogenated alkanes) is 1. The first kappa shape index (κ1) is 15.5. The summed E-state index contributed by atoms with van der Waals surface area (Å²) in [5.41, 5.74) is 0. The van der Waals surface area contributed by atoms with Gasteiger partial charge in [0.1, 0.15) is 6.17 Å². The Hall–Kier alpha value is -0.870. The van der Waals surface area contributed by atoms with Crippen molar-refractivity contribution >= 4 is 17.2 Å². The molecule has 0 saturated carbocycles. The largest absolute Gasteiger partial charge is 0.318 e. The van der Waals surface area contributed by atoms with Crippen molar-refractivity contribution in [1.29, 1.82) is 0 Å². The molecule has 0 spiro atoms. The molecular weight excluding hydrogens is 268 g/mol. The number of carbonyl (C=O) groups is 1. The predicted molar refractivity (Wildman–Crippen MR) is 84.9 cm³/mol. The number of hydrogen-bond acceptors (Lipinski definition) is 3. The fraction of sp³-hybridized carbons (Fsp3) is 0.688. The van der Waals surface area contributed by atoms with Crippen molar-refractivity contribution in [1.82, 2.24) is 10.2 Å². The van der Waals surface area contributed by atoms with Gasteiger partial charge in [0.15, 0.2) is 0 Å². The number of amides is 1. The lowest BCUT2D eigenvalue weighted by atomic mass is 10.0. The summed E-state index contributed by atoms with van der Waals surface area (Å²) in [6, 6.07) is 4.69. The molecule has 20 heavy (non-hydrogen) atoms. The summed E-state index contributed by atoms with van der Waals surface area (Å²) in [6.07, 6.45) is 5.85. The van der Waals surface area contributed by atoms with Crippen LogP contribution >= 0.6 is 11.3 Å². The quantitative estimate of drug-likeness (QED) is 0.828. The van der Waals surface area contributed by atoms with Crippen LogP contribution in [-0.4, -0.2) is 23.4 Å². The fourth-order valence-corrected chi connectivity index (χ4v) is 3.92. The van der Waals surface area contributed by atoms with Crippen molar-refractivity contribution in [3.63, 3.8) is 0 Å². The van der Waals surface area contributed by atoms with Crippen molar-refractivity contribution in [3.05, 3.63) is 21.9 Å². The second-order valence-electron chi connectivity index (χ2n) is 5.62. The third-order valence-corrected chi connectivity index (χ3v) is 5.00. The van der Waals surface area contributed by atoms with Crippen LogP contribution in [0.15, 0.2) is 12.1 Å². The molecular formula is C16H26N2OS. The van der Waals surface area contributed by atoms with E-state index >= 15 is 0 Å². The van der Waals surface area contributed by atoms with Crippen LogP contribution in [0.5, 0.6) is 0 Å². The van der Waals surface area contributed by atoms with E-state index in [0.29, 0.717) is 12.6 Å². The summed E-state index contributed by atoms with van der Waals surface area (Å²) in [6.45, 7) is 7.02. The molecule has 0 radical (unpaired) electrons. The molecule has 2 unspecified atom stereocenters. The lowest BCUT2D eigenvalue weighted by Crippen LogP contribution is -2.39. The van der Waals surface area contributed by atoms with Crippen molar-refractivity contribution in [3.8, 4) is 0 Å². The molecule has 0 bridgehead atoms. The number of rotatable bonds is 7. The van der Waals surface area contributed by atoms with Crippen LogP contribution in [0.3, 0.4) is 0 Å². The average molecular weight is 294 g/mol. The Morgan fingerprint density at radius 2 is 2.15 bits per heavy atom. The lowest BCUT2D eigenvalue weighted by Gasteiger charge is -2.32. The minimum atomic E-state index is 0.0922. The standard InChI is InChI=1S/C16H26N2OS/c1-4-6-8-13(7-5-2)18-15(19)11-17-16(18)14-10-9-12(3)20-14/h9-10,13,16-17H,4-8,11H2,1-3H3. The highest BCUT2D eigenvalue weighted by Gasteiger charge is 2.36. The van der Waals surface area contributed by atoms with Crippen LogP contribution in [-0.2, 0) is 4.79 Å². The van der Waals surface area contributed by atoms with E-state index in [9.17, 15) is 4.79 Å². The van der Waals surface area contributed by atoms with Crippen LogP contribution in [0.2, 0.25) is 0 Å².